The first kappa shape index (κ1) is 77.2. The van der Waals surface area contributed by atoms with E-state index in [1.54, 1.807) is 0 Å². The molecule has 0 aromatic heterocycles. The van der Waals surface area contributed by atoms with E-state index in [-0.39, 0.29) is 31.5 Å². The maximum atomic E-state index is 13.6. The van der Waals surface area contributed by atoms with Crippen LogP contribution in [0.1, 0.15) is 252 Å². The average molecular weight is 1150 g/mol. The van der Waals surface area contributed by atoms with E-state index in [1.807, 2.05) is 33.3 Å². The minimum atomic E-state index is -4.48. The van der Waals surface area contributed by atoms with Crippen LogP contribution < -0.4 is 5.32 Å². The third-order valence-corrected chi connectivity index (χ3v) is 14.6. The van der Waals surface area contributed by atoms with Gasteiger partial charge in [0.15, 0.2) is 0 Å². The van der Waals surface area contributed by atoms with Crippen molar-refractivity contribution in [2.75, 3.05) is 40.9 Å². The molecule has 0 aromatic rings. The molecule has 0 heterocycles. The Hall–Kier alpha value is -3.85. The highest BCUT2D eigenvalue weighted by Gasteiger charge is 2.30. The van der Waals surface area contributed by atoms with E-state index in [9.17, 15) is 19.0 Å². The van der Waals surface area contributed by atoms with Gasteiger partial charge >= 0.3 is 13.8 Å². The number of ether oxygens (including phenoxy) is 1. The topological polar surface area (TPSA) is 111 Å². The lowest BCUT2D eigenvalue weighted by atomic mass is 10.0. The summed E-state index contributed by atoms with van der Waals surface area (Å²) in [5.41, 5.74) is 0. The van der Waals surface area contributed by atoms with Crippen LogP contribution in [0.25, 0.3) is 0 Å². The van der Waals surface area contributed by atoms with E-state index < -0.39 is 20.0 Å². The van der Waals surface area contributed by atoms with Gasteiger partial charge in [0.2, 0.25) is 5.91 Å². The molecule has 0 aliphatic heterocycles. The zero-order valence-electron chi connectivity index (χ0n) is 52.7. The van der Waals surface area contributed by atoms with Gasteiger partial charge in [-0.15, -0.1) is 0 Å². The molecule has 0 aromatic carbocycles. The van der Waals surface area contributed by atoms with Crippen molar-refractivity contribution >= 4 is 19.7 Å². The van der Waals surface area contributed by atoms with Gasteiger partial charge < -0.3 is 19.4 Å². The average Bonchev–Trinajstić information content (AvgIpc) is 3.44. The molecule has 0 fully saturated rings. The Balaban J connectivity index is 5.28. The summed E-state index contributed by atoms with van der Waals surface area (Å²) in [5.74, 6) is -0.587. The predicted octanol–water partition coefficient (Wildman–Crippen LogP) is 20.4. The van der Waals surface area contributed by atoms with Gasteiger partial charge in [0, 0.05) is 12.8 Å². The third kappa shape index (κ3) is 60.6. The molecule has 0 rings (SSSR count). The smallest absolute Gasteiger partial charge is 0.456 e. The van der Waals surface area contributed by atoms with Crippen molar-refractivity contribution in [2.45, 2.75) is 264 Å². The molecule has 81 heavy (non-hydrogen) atoms. The quantitative estimate of drug-likeness (QED) is 0.0205. The van der Waals surface area contributed by atoms with E-state index in [0.29, 0.717) is 23.9 Å². The second-order valence-corrected chi connectivity index (χ2v) is 24.0. The lowest BCUT2D eigenvalue weighted by molar-refractivity contribution is -0.870. The SMILES string of the molecule is CC/C=C\C/C=C\C/C=C\C/C=C\C/C=C\CCCCCCCCCCCC(=O)NC(COP(=O)(O)OCC[N+](C)(C)C)C(/C=C\CCCCCCCCCCCCC)OC(=O)CCC/C=C\C/C=C\C/C=C\C/C=C\C/C=C\CC. The summed E-state index contributed by atoms with van der Waals surface area (Å²) in [6.45, 7) is 6.73. The number of rotatable bonds is 57. The predicted molar refractivity (Wildman–Crippen MR) is 350 cm³/mol. The minimum Gasteiger partial charge on any atom is -0.456 e. The standard InChI is InChI=1S/C71H121N2O7P/c1-7-10-13-16-19-22-25-28-30-32-33-34-35-36-37-38-39-41-42-45-48-51-54-57-60-63-70(74)72-68(67-79-81(76,77)78-66-65-73(4,5)6)69(62-59-56-53-50-47-44-27-24-21-18-15-12-9-3)80-71(75)64-61-58-55-52-49-46-43-40-31-29-26-23-20-17-14-11-8-2/h10-11,13-14,19-20,22-23,28-31,33-34,36-37,43,46,52,55,59,62,68-69H,7-9,12,15-18,21,24-27,32,35,38-42,44-45,47-51,53-54,56-58,60-61,63-67H2,1-6H3,(H-,72,74,76,77)/p+1/b13-10-,14-11-,22-19-,23-20-,30-28-,31-29-,34-33-,37-36-,46-43-,55-52-,62-59-. The Morgan fingerprint density at radius 3 is 1.21 bits per heavy atom. The van der Waals surface area contributed by atoms with Crippen LogP contribution in [0.15, 0.2) is 134 Å². The van der Waals surface area contributed by atoms with Gasteiger partial charge in [0.25, 0.3) is 0 Å². The number of amides is 1. The van der Waals surface area contributed by atoms with E-state index in [2.05, 4.69) is 148 Å². The Kier molecular flexibility index (Phi) is 56.5. The molecule has 0 spiro atoms. The molecule has 0 saturated carbocycles. The molecule has 3 unspecified atom stereocenters. The number of allylic oxidation sites excluding steroid dienone is 21. The third-order valence-electron chi connectivity index (χ3n) is 13.6. The van der Waals surface area contributed by atoms with Crippen LogP contribution in [0.5, 0.6) is 0 Å². The van der Waals surface area contributed by atoms with Crippen LogP contribution in [0, 0.1) is 0 Å². The van der Waals surface area contributed by atoms with Crippen molar-refractivity contribution in [3.05, 3.63) is 134 Å². The van der Waals surface area contributed by atoms with Crippen molar-refractivity contribution < 1.29 is 37.3 Å². The highest BCUT2D eigenvalue weighted by atomic mass is 31.2. The number of quaternary nitrogens is 1. The molecule has 0 saturated heterocycles. The monoisotopic (exact) mass is 1150 g/mol. The Morgan fingerprint density at radius 2 is 0.802 bits per heavy atom. The van der Waals surface area contributed by atoms with Crippen molar-refractivity contribution in [3.8, 4) is 0 Å². The van der Waals surface area contributed by atoms with Gasteiger partial charge in [-0.1, -0.05) is 258 Å². The zero-order chi connectivity index (χ0) is 59.3. The highest BCUT2D eigenvalue weighted by Crippen LogP contribution is 2.43. The number of likely N-dealkylation sites (N-methyl/N-ethyl adjacent to an activating group) is 1. The molecule has 0 bridgehead atoms. The maximum absolute atomic E-state index is 13.6. The van der Waals surface area contributed by atoms with Crippen LogP contribution >= 0.6 is 7.82 Å². The molecule has 0 radical (unpaired) electrons. The highest BCUT2D eigenvalue weighted by molar-refractivity contribution is 7.47. The number of unbranched alkanes of at least 4 members (excludes halogenated alkanes) is 21. The van der Waals surface area contributed by atoms with E-state index in [4.69, 9.17) is 13.8 Å². The molecule has 9 nitrogen and oxygen atoms in total. The summed E-state index contributed by atoms with van der Waals surface area (Å²) >= 11 is 0. The summed E-state index contributed by atoms with van der Waals surface area (Å²) in [6.07, 6.45) is 84.6. The van der Waals surface area contributed by atoms with E-state index in [0.717, 1.165) is 122 Å². The summed E-state index contributed by atoms with van der Waals surface area (Å²) < 4.78 is 30.7. The van der Waals surface area contributed by atoms with Crippen LogP contribution in [-0.4, -0.2) is 74.3 Å². The maximum Gasteiger partial charge on any atom is 0.472 e. The number of nitrogens with one attached hydrogen (secondary N) is 1. The largest absolute Gasteiger partial charge is 0.472 e. The van der Waals surface area contributed by atoms with Gasteiger partial charge in [-0.2, -0.15) is 0 Å². The Bertz CT molecular complexity index is 1850. The molecule has 0 aliphatic rings. The first-order valence-corrected chi connectivity index (χ1v) is 34.0. The molecule has 2 N–H and O–H groups in total. The molecular weight excluding hydrogens is 1020 g/mol. The van der Waals surface area contributed by atoms with Crippen molar-refractivity contribution in [3.63, 3.8) is 0 Å². The summed E-state index contributed by atoms with van der Waals surface area (Å²) in [5, 5.41) is 3.04. The lowest BCUT2D eigenvalue weighted by Crippen LogP contribution is -2.47. The lowest BCUT2D eigenvalue weighted by Gasteiger charge is -2.27. The van der Waals surface area contributed by atoms with Crippen molar-refractivity contribution in [2.24, 2.45) is 0 Å². The van der Waals surface area contributed by atoms with Crippen LogP contribution in [0.4, 0.5) is 0 Å². The Morgan fingerprint density at radius 1 is 0.444 bits per heavy atom. The van der Waals surface area contributed by atoms with Crippen molar-refractivity contribution in [1.29, 1.82) is 0 Å². The first-order valence-electron chi connectivity index (χ1n) is 32.5. The van der Waals surface area contributed by atoms with E-state index >= 15 is 0 Å². The van der Waals surface area contributed by atoms with Crippen LogP contribution in [-0.2, 0) is 27.9 Å². The molecule has 462 valence electrons. The number of hydrogen-bond donors (Lipinski definition) is 2. The summed E-state index contributed by atoms with van der Waals surface area (Å²) in [4.78, 5) is 37.8. The van der Waals surface area contributed by atoms with E-state index in [1.165, 1.54) is 89.9 Å². The van der Waals surface area contributed by atoms with Gasteiger partial charge in [-0.3, -0.25) is 18.6 Å². The molecule has 1 amide bonds. The van der Waals surface area contributed by atoms with Gasteiger partial charge in [-0.25, -0.2) is 4.57 Å². The molecule has 3 atom stereocenters. The number of carbonyl (C=O) groups is 2. The fraction of sp³-hybridized carbons (Fsp3) is 0.662. The number of nitrogens with zero attached hydrogens (tertiary/aromatic N) is 1. The molecule has 0 aliphatic carbocycles. The van der Waals surface area contributed by atoms with Crippen LogP contribution in [0.3, 0.4) is 0 Å². The number of carbonyl (C=O) groups excluding carboxylic acids is 2. The number of esters is 1. The van der Waals surface area contributed by atoms with Gasteiger partial charge in [0.1, 0.15) is 19.3 Å². The normalized spacial score (nSPS) is 14.5. The van der Waals surface area contributed by atoms with Crippen LogP contribution in [0.2, 0.25) is 0 Å². The second-order valence-electron chi connectivity index (χ2n) is 22.5. The second kappa shape index (κ2) is 59.3. The summed E-state index contributed by atoms with van der Waals surface area (Å²) in [6, 6.07) is -0.885. The number of hydrogen-bond acceptors (Lipinski definition) is 6. The van der Waals surface area contributed by atoms with Gasteiger partial charge in [-0.05, 0) is 115 Å². The zero-order valence-corrected chi connectivity index (χ0v) is 53.6. The fourth-order valence-electron chi connectivity index (χ4n) is 8.65. The summed E-state index contributed by atoms with van der Waals surface area (Å²) in [7, 11) is 1.44. The number of phosphoric acid groups is 1. The number of phosphoric ester groups is 1. The molecule has 10 heteroatoms. The van der Waals surface area contributed by atoms with Gasteiger partial charge in [0.05, 0.1) is 33.8 Å². The van der Waals surface area contributed by atoms with Crippen molar-refractivity contribution in [1.82, 2.24) is 5.32 Å². The molecular formula is C71H122N2O7P+. The minimum absolute atomic E-state index is 0.0231. The first-order chi connectivity index (χ1) is 39.4. The Labute approximate surface area is 498 Å². The fourth-order valence-corrected chi connectivity index (χ4v) is 9.38.